The predicted molar refractivity (Wildman–Crippen MR) is 98.7 cm³/mol. The molecule has 3 heterocycles. The van der Waals surface area contributed by atoms with E-state index in [1.165, 1.54) is 10.6 Å². The maximum atomic E-state index is 12.5. The third-order valence-corrected chi connectivity index (χ3v) is 5.05. The fourth-order valence-electron chi connectivity index (χ4n) is 2.58. The van der Waals surface area contributed by atoms with Gasteiger partial charge in [-0.05, 0) is 19.1 Å². The highest BCUT2D eigenvalue weighted by atomic mass is 35.5. The van der Waals surface area contributed by atoms with Crippen LogP contribution in [0.15, 0.2) is 41.5 Å². The van der Waals surface area contributed by atoms with E-state index < -0.39 is 0 Å². The van der Waals surface area contributed by atoms with E-state index in [1.807, 2.05) is 13.0 Å². The van der Waals surface area contributed by atoms with Crippen LogP contribution in [0.1, 0.15) is 4.88 Å². The zero-order valence-electron chi connectivity index (χ0n) is 13.4. The summed E-state index contributed by atoms with van der Waals surface area (Å²) in [5.74, 6) is 0.533. The number of aromatic amines is 1. The highest BCUT2D eigenvalue weighted by Crippen LogP contribution is 2.31. The van der Waals surface area contributed by atoms with Crippen molar-refractivity contribution in [3.05, 3.63) is 56.9 Å². The van der Waals surface area contributed by atoms with Crippen LogP contribution in [0, 0.1) is 6.92 Å². The van der Waals surface area contributed by atoms with Crippen LogP contribution < -0.4 is 10.3 Å². The van der Waals surface area contributed by atoms with Gasteiger partial charge in [0.1, 0.15) is 10.8 Å². The van der Waals surface area contributed by atoms with Gasteiger partial charge in [0.15, 0.2) is 5.65 Å². The summed E-state index contributed by atoms with van der Waals surface area (Å²) in [7, 11) is 1.55. The molecule has 0 aliphatic rings. The van der Waals surface area contributed by atoms with E-state index in [0.717, 1.165) is 21.0 Å². The molecule has 0 unspecified atom stereocenters. The first-order valence-electron chi connectivity index (χ1n) is 7.44. The SMILES string of the molecule is COc1cc(-c2cc(=O)n3[nH]cc(-c4ncc(C)s4)c3n2)ccc1Cl. The molecule has 4 aromatic rings. The quantitative estimate of drug-likeness (QED) is 0.594. The third kappa shape index (κ3) is 2.71. The summed E-state index contributed by atoms with van der Waals surface area (Å²) in [6, 6.07) is 6.77. The highest BCUT2D eigenvalue weighted by Gasteiger charge is 2.15. The molecule has 0 saturated heterocycles. The van der Waals surface area contributed by atoms with E-state index in [1.54, 1.807) is 43.0 Å². The van der Waals surface area contributed by atoms with E-state index in [-0.39, 0.29) is 5.56 Å². The number of methoxy groups -OCH3 is 1. The van der Waals surface area contributed by atoms with E-state index in [0.29, 0.717) is 22.1 Å². The van der Waals surface area contributed by atoms with Gasteiger partial charge in [0.2, 0.25) is 0 Å². The van der Waals surface area contributed by atoms with Crippen LogP contribution in [0.5, 0.6) is 5.75 Å². The van der Waals surface area contributed by atoms with Crippen LogP contribution in [-0.4, -0.2) is 26.7 Å². The number of H-pyrrole nitrogens is 1. The number of thiazole rings is 1. The summed E-state index contributed by atoms with van der Waals surface area (Å²) in [6.07, 6.45) is 3.55. The standard InChI is InChI=1S/C17H13ClN4O2S/c1-9-7-19-17(25-9)11-8-20-22-15(23)6-13(21-16(11)22)10-3-4-12(18)14(5-10)24-2/h3-8,20H,1-2H3. The van der Waals surface area contributed by atoms with Gasteiger partial charge in [0.25, 0.3) is 5.56 Å². The van der Waals surface area contributed by atoms with E-state index in [9.17, 15) is 4.79 Å². The fraction of sp³-hybridized carbons (Fsp3) is 0.118. The first-order chi connectivity index (χ1) is 12.1. The number of hydrogen-bond acceptors (Lipinski definition) is 5. The number of fused-ring (bicyclic) bond motifs is 1. The zero-order valence-corrected chi connectivity index (χ0v) is 15.0. The maximum absolute atomic E-state index is 12.5. The lowest BCUT2D eigenvalue weighted by Crippen LogP contribution is -2.14. The molecule has 25 heavy (non-hydrogen) atoms. The van der Waals surface area contributed by atoms with Gasteiger partial charge in [-0.25, -0.2) is 14.5 Å². The van der Waals surface area contributed by atoms with Crippen LogP contribution in [-0.2, 0) is 0 Å². The van der Waals surface area contributed by atoms with Gasteiger partial charge in [0, 0.05) is 28.9 Å². The summed E-state index contributed by atoms with van der Waals surface area (Å²) < 4.78 is 6.65. The minimum absolute atomic E-state index is 0.201. The molecule has 1 N–H and O–H groups in total. The summed E-state index contributed by atoms with van der Waals surface area (Å²) in [5, 5.41) is 4.26. The van der Waals surface area contributed by atoms with Crippen molar-refractivity contribution in [2.24, 2.45) is 0 Å². The zero-order chi connectivity index (χ0) is 17.6. The maximum Gasteiger partial charge on any atom is 0.273 e. The normalized spacial score (nSPS) is 11.2. The Balaban J connectivity index is 1.93. The smallest absolute Gasteiger partial charge is 0.273 e. The van der Waals surface area contributed by atoms with Crippen molar-refractivity contribution < 1.29 is 4.74 Å². The second-order valence-electron chi connectivity index (χ2n) is 5.45. The molecule has 1 aromatic carbocycles. The summed E-state index contributed by atoms with van der Waals surface area (Å²) in [4.78, 5) is 22.6. The molecule has 0 bridgehead atoms. The molecule has 0 radical (unpaired) electrons. The molecule has 0 atom stereocenters. The van der Waals surface area contributed by atoms with Crippen molar-refractivity contribution in [1.82, 2.24) is 19.6 Å². The second-order valence-corrected chi connectivity index (χ2v) is 7.09. The fourth-order valence-corrected chi connectivity index (χ4v) is 3.56. The molecule has 0 saturated carbocycles. The van der Waals surface area contributed by atoms with Crippen LogP contribution in [0.2, 0.25) is 5.02 Å². The number of halogens is 1. The van der Waals surface area contributed by atoms with Gasteiger partial charge in [-0.15, -0.1) is 11.3 Å². The van der Waals surface area contributed by atoms with Crippen molar-refractivity contribution in [3.8, 4) is 27.6 Å². The first kappa shape index (κ1) is 15.9. The molecule has 0 fully saturated rings. The molecular formula is C17H13ClN4O2S. The van der Waals surface area contributed by atoms with E-state index in [4.69, 9.17) is 16.3 Å². The molecule has 0 spiro atoms. The van der Waals surface area contributed by atoms with Crippen LogP contribution in [0.3, 0.4) is 0 Å². The Hall–Kier alpha value is -2.64. The van der Waals surface area contributed by atoms with Crippen LogP contribution in [0.25, 0.3) is 27.5 Å². The summed E-state index contributed by atoms with van der Waals surface area (Å²) in [6.45, 7) is 1.99. The molecule has 4 rings (SSSR count). The first-order valence-corrected chi connectivity index (χ1v) is 8.64. The van der Waals surface area contributed by atoms with E-state index >= 15 is 0 Å². The molecule has 126 valence electrons. The van der Waals surface area contributed by atoms with E-state index in [2.05, 4.69) is 15.1 Å². The number of ether oxygens (including phenoxy) is 1. The van der Waals surface area contributed by atoms with Crippen molar-refractivity contribution >= 4 is 28.6 Å². The third-order valence-electron chi connectivity index (χ3n) is 3.80. The molecule has 8 heteroatoms. The number of nitrogens with zero attached hydrogens (tertiary/aromatic N) is 3. The van der Waals surface area contributed by atoms with Gasteiger partial charge in [-0.1, -0.05) is 17.7 Å². The minimum atomic E-state index is -0.201. The Bertz CT molecular complexity index is 1150. The van der Waals surface area contributed by atoms with Crippen molar-refractivity contribution in [2.75, 3.05) is 7.11 Å². The van der Waals surface area contributed by atoms with Crippen LogP contribution >= 0.6 is 22.9 Å². The van der Waals surface area contributed by atoms with Crippen molar-refractivity contribution in [3.63, 3.8) is 0 Å². The van der Waals surface area contributed by atoms with Gasteiger partial charge < -0.3 is 4.74 Å². The number of hydrogen-bond donors (Lipinski definition) is 1. The second kappa shape index (κ2) is 6.02. The highest BCUT2D eigenvalue weighted by molar-refractivity contribution is 7.15. The number of aromatic nitrogens is 4. The molecule has 3 aromatic heterocycles. The molecule has 0 aliphatic heterocycles. The van der Waals surface area contributed by atoms with Gasteiger partial charge in [-0.2, -0.15) is 0 Å². The summed E-state index contributed by atoms with van der Waals surface area (Å²) >= 11 is 7.63. The topological polar surface area (TPSA) is 72.3 Å². The number of nitrogens with one attached hydrogen (secondary N) is 1. The number of benzene rings is 1. The van der Waals surface area contributed by atoms with Gasteiger partial charge in [-0.3, -0.25) is 9.89 Å². The summed E-state index contributed by atoms with van der Waals surface area (Å²) in [5.41, 5.74) is 2.43. The Morgan fingerprint density at radius 3 is 2.88 bits per heavy atom. The molecule has 6 nitrogen and oxygen atoms in total. The Kier molecular flexibility index (Phi) is 3.82. The monoisotopic (exact) mass is 372 g/mol. The van der Waals surface area contributed by atoms with Gasteiger partial charge in [0.05, 0.1) is 23.4 Å². The Morgan fingerprint density at radius 2 is 2.16 bits per heavy atom. The molecular weight excluding hydrogens is 360 g/mol. The lowest BCUT2D eigenvalue weighted by molar-refractivity contribution is 0.415. The lowest BCUT2D eigenvalue weighted by Gasteiger charge is -2.06. The average Bonchev–Trinajstić information content (AvgIpc) is 3.21. The van der Waals surface area contributed by atoms with Crippen LogP contribution in [0.4, 0.5) is 0 Å². The predicted octanol–water partition coefficient (Wildman–Crippen LogP) is 3.78. The van der Waals surface area contributed by atoms with Crippen molar-refractivity contribution in [1.29, 1.82) is 0 Å². The Labute approximate surface area is 151 Å². The molecule has 0 amide bonds. The molecule has 0 aliphatic carbocycles. The minimum Gasteiger partial charge on any atom is -0.495 e. The number of rotatable bonds is 3. The Morgan fingerprint density at radius 1 is 1.32 bits per heavy atom. The van der Waals surface area contributed by atoms with Crippen molar-refractivity contribution in [2.45, 2.75) is 6.92 Å². The van der Waals surface area contributed by atoms with Gasteiger partial charge >= 0.3 is 0 Å². The average molecular weight is 373 g/mol. The largest absolute Gasteiger partial charge is 0.495 e. The lowest BCUT2D eigenvalue weighted by atomic mass is 10.1. The number of aryl methyl sites for hydroxylation is 1.